The molecular formula is C23H25N3O5. The van der Waals surface area contributed by atoms with Gasteiger partial charge in [0.15, 0.2) is 12.3 Å². The number of benzene rings is 2. The molecule has 1 heterocycles. The van der Waals surface area contributed by atoms with Crippen LogP contribution in [-0.2, 0) is 9.53 Å². The number of ether oxygens (including phenoxy) is 2. The van der Waals surface area contributed by atoms with Gasteiger partial charge in [-0.3, -0.25) is 9.59 Å². The van der Waals surface area contributed by atoms with Crippen LogP contribution in [0, 0.1) is 0 Å². The van der Waals surface area contributed by atoms with Crippen molar-refractivity contribution in [3.8, 4) is 5.75 Å². The van der Waals surface area contributed by atoms with E-state index in [0.717, 1.165) is 5.56 Å². The monoisotopic (exact) mass is 423 g/mol. The second-order valence-electron chi connectivity index (χ2n) is 7.34. The molecule has 0 saturated heterocycles. The SMILES string of the molecule is COc1ccccc1C(C)NC(=O)COC(=O)c1nn(C(C)C)c(=O)c2ccccc12. The van der Waals surface area contributed by atoms with Crippen molar-refractivity contribution >= 4 is 22.6 Å². The Morgan fingerprint density at radius 1 is 1.03 bits per heavy atom. The van der Waals surface area contributed by atoms with Crippen LogP contribution in [0.4, 0.5) is 0 Å². The van der Waals surface area contributed by atoms with Crippen LogP contribution in [0.3, 0.4) is 0 Å². The summed E-state index contributed by atoms with van der Waals surface area (Å²) in [4.78, 5) is 37.6. The molecule has 31 heavy (non-hydrogen) atoms. The van der Waals surface area contributed by atoms with Crippen molar-refractivity contribution in [1.82, 2.24) is 15.1 Å². The first-order chi connectivity index (χ1) is 14.8. The summed E-state index contributed by atoms with van der Waals surface area (Å²) in [5.41, 5.74) is 0.515. The highest BCUT2D eigenvalue weighted by Gasteiger charge is 2.21. The Labute approximate surface area is 179 Å². The maximum Gasteiger partial charge on any atom is 0.359 e. The number of aromatic nitrogens is 2. The van der Waals surface area contributed by atoms with E-state index >= 15 is 0 Å². The van der Waals surface area contributed by atoms with Crippen molar-refractivity contribution in [1.29, 1.82) is 0 Å². The summed E-state index contributed by atoms with van der Waals surface area (Å²) < 4.78 is 11.8. The number of rotatable bonds is 7. The molecule has 0 saturated carbocycles. The number of carbonyl (C=O) groups is 2. The number of hydrogen-bond donors (Lipinski definition) is 1. The van der Waals surface area contributed by atoms with Crippen molar-refractivity contribution in [2.24, 2.45) is 0 Å². The Bertz CT molecular complexity index is 1170. The van der Waals surface area contributed by atoms with Crippen molar-refractivity contribution in [3.63, 3.8) is 0 Å². The van der Waals surface area contributed by atoms with Crippen LogP contribution >= 0.6 is 0 Å². The largest absolute Gasteiger partial charge is 0.496 e. The molecule has 1 amide bonds. The first-order valence-corrected chi connectivity index (χ1v) is 9.94. The molecule has 8 heteroatoms. The first kappa shape index (κ1) is 22.0. The van der Waals surface area contributed by atoms with Gasteiger partial charge in [0.05, 0.1) is 24.6 Å². The van der Waals surface area contributed by atoms with Gasteiger partial charge in [-0.15, -0.1) is 0 Å². The maximum absolute atomic E-state index is 12.7. The fourth-order valence-electron chi connectivity index (χ4n) is 3.29. The third kappa shape index (κ3) is 4.74. The Kier molecular flexibility index (Phi) is 6.69. The van der Waals surface area contributed by atoms with Crippen LogP contribution < -0.4 is 15.6 Å². The summed E-state index contributed by atoms with van der Waals surface area (Å²) >= 11 is 0. The average molecular weight is 423 g/mol. The zero-order valence-corrected chi connectivity index (χ0v) is 17.9. The summed E-state index contributed by atoms with van der Waals surface area (Å²) in [5.74, 6) is -0.585. The molecule has 0 fully saturated rings. The fourth-order valence-corrected chi connectivity index (χ4v) is 3.29. The van der Waals surface area contributed by atoms with E-state index in [-0.39, 0.29) is 23.3 Å². The van der Waals surface area contributed by atoms with Gasteiger partial charge in [-0.2, -0.15) is 5.10 Å². The van der Waals surface area contributed by atoms with E-state index in [1.54, 1.807) is 51.3 Å². The molecule has 1 aromatic heterocycles. The molecule has 0 aliphatic rings. The molecule has 1 atom stereocenters. The van der Waals surface area contributed by atoms with Gasteiger partial charge in [0.1, 0.15) is 5.75 Å². The highest BCUT2D eigenvalue weighted by molar-refractivity contribution is 6.02. The zero-order chi connectivity index (χ0) is 22.5. The Hall–Kier alpha value is -3.68. The van der Waals surface area contributed by atoms with E-state index < -0.39 is 18.5 Å². The van der Waals surface area contributed by atoms with E-state index in [1.165, 1.54) is 4.68 Å². The van der Waals surface area contributed by atoms with E-state index in [2.05, 4.69) is 10.4 Å². The summed E-state index contributed by atoms with van der Waals surface area (Å²) in [7, 11) is 1.56. The fraction of sp³-hybridized carbons (Fsp3) is 0.304. The highest BCUT2D eigenvalue weighted by atomic mass is 16.5. The standard InChI is InChI=1S/C23H25N3O5/c1-14(2)26-22(28)18-11-6-5-10-17(18)21(25-26)23(29)31-13-20(27)24-15(3)16-9-7-8-12-19(16)30-4/h5-12,14-15H,13H2,1-4H3,(H,24,27). The lowest BCUT2D eigenvalue weighted by Crippen LogP contribution is -2.32. The van der Waals surface area contributed by atoms with Crippen molar-refractivity contribution in [2.75, 3.05) is 13.7 Å². The Morgan fingerprint density at radius 3 is 2.35 bits per heavy atom. The van der Waals surface area contributed by atoms with Gasteiger partial charge < -0.3 is 14.8 Å². The predicted octanol–water partition coefficient (Wildman–Crippen LogP) is 3.02. The second kappa shape index (κ2) is 9.42. The molecule has 3 aromatic rings. The molecule has 8 nitrogen and oxygen atoms in total. The number of fused-ring (bicyclic) bond motifs is 1. The second-order valence-corrected chi connectivity index (χ2v) is 7.34. The van der Waals surface area contributed by atoms with Gasteiger partial charge in [0, 0.05) is 10.9 Å². The van der Waals surface area contributed by atoms with Gasteiger partial charge in [-0.25, -0.2) is 9.48 Å². The lowest BCUT2D eigenvalue weighted by Gasteiger charge is -2.17. The molecule has 0 aliphatic heterocycles. The van der Waals surface area contributed by atoms with Gasteiger partial charge in [-0.05, 0) is 32.9 Å². The number of methoxy groups -OCH3 is 1. The molecule has 3 rings (SSSR count). The predicted molar refractivity (Wildman–Crippen MR) is 116 cm³/mol. The maximum atomic E-state index is 12.7. The van der Waals surface area contributed by atoms with Crippen LogP contribution in [0.2, 0.25) is 0 Å². The number of carbonyl (C=O) groups excluding carboxylic acids is 2. The minimum Gasteiger partial charge on any atom is -0.496 e. The van der Waals surface area contributed by atoms with Gasteiger partial charge >= 0.3 is 5.97 Å². The van der Waals surface area contributed by atoms with Crippen molar-refractivity contribution in [2.45, 2.75) is 32.9 Å². The average Bonchev–Trinajstić information content (AvgIpc) is 2.77. The lowest BCUT2D eigenvalue weighted by atomic mass is 10.1. The molecular weight excluding hydrogens is 398 g/mol. The minimum absolute atomic E-state index is 0.00511. The number of nitrogens with zero attached hydrogens (tertiary/aromatic N) is 2. The molecule has 0 spiro atoms. The summed E-state index contributed by atoms with van der Waals surface area (Å²) in [5, 5.41) is 7.73. The number of nitrogens with one attached hydrogen (secondary N) is 1. The third-order valence-electron chi connectivity index (χ3n) is 4.83. The van der Waals surface area contributed by atoms with Crippen LogP contribution in [0.25, 0.3) is 10.8 Å². The molecule has 1 unspecified atom stereocenters. The number of para-hydroxylation sites is 1. The first-order valence-electron chi connectivity index (χ1n) is 9.94. The summed E-state index contributed by atoms with van der Waals surface area (Å²) in [6.45, 7) is 4.93. The third-order valence-corrected chi connectivity index (χ3v) is 4.83. The number of hydrogen-bond acceptors (Lipinski definition) is 6. The quantitative estimate of drug-likeness (QED) is 0.587. The Morgan fingerprint density at radius 2 is 1.68 bits per heavy atom. The van der Waals surface area contributed by atoms with E-state index in [9.17, 15) is 14.4 Å². The molecule has 0 bridgehead atoms. The lowest BCUT2D eigenvalue weighted by molar-refractivity contribution is -0.124. The van der Waals surface area contributed by atoms with Gasteiger partial charge in [-0.1, -0.05) is 36.4 Å². The van der Waals surface area contributed by atoms with Crippen LogP contribution in [-0.4, -0.2) is 35.4 Å². The van der Waals surface area contributed by atoms with Crippen molar-refractivity contribution < 1.29 is 19.1 Å². The zero-order valence-electron chi connectivity index (χ0n) is 17.9. The molecule has 1 N–H and O–H groups in total. The summed E-state index contributed by atoms with van der Waals surface area (Å²) in [6, 6.07) is 13.5. The Balaban J connectivity index is 1.75. The van der Waals surface area contributed by atoms with E-state index in [0.29, 0.717) is 16.5 Å². The minimum atomic E-state index is -0.773. The highest BCUT2D eigenvalue weighted by Crippen LogP contribution is 2.24. The summed E-state index contributed by atoms with van der Waals surface area (Å²) in [6.07, 6.45) is 0. The normalized spacial score (nSPS) is 11.9. The van der Waals surface area contributed by atoms with Crippen LogP contribution in [0.15, 0.2) is 53.3 Å². The number of esters is 1. The smallest absolute Gasteiger partial charge is 0.359 e. The van der Waals surface area contributed by atoms with E-state index in [4.69, 9.17) is 9.47 Å². The number of amides is 1. The van der Waals surface area contributed by atoms with Gasteiger partial charge in [0.2, 0.25) is 0 Å². The topological polar surface area (TPSA) is 99.5 Å². The van der Waals surface area contributed by atoms with Crippen LogP contribution in [0.5, 0.6) is 5.75 Å². The van der Waals surface area contributed by atoms with Crippen molar-refractivity contribution in [3.05, 3.63) is 70.1 Å². The molecule has 0 aliphatic carbocycles. The van der Waals surface area contributed by atoms with Crippen LogP contribution in [0.1, 0.15) is 48.9 Å². The molecule has 2 aromatic carbocycles. The van der Waals surface area contributed by atoms with Gasteiger partial charge in [0.25, 0.3) is 11.5 Å². The van der Waals surface area contributed by atoms with E-state index in [1.807, 2.05) is 25.1 Å². The molecule has 162 valence electrons. The molecule has 0 radical (unpaired) electrons.